The van der Waals surface area contributed by atoms with Crippen LogP contribution < -0.4 is 10.6 Å². The molecule has 17 heteroatoms. The molecule has 0 aliphatic heterocycles. The molecule has 0 fully saturated rings. The van der Waals surface area contributed by atoms with Gasteiger partial charge in [-0.1, -0.05) is 28.6 Å². The second kappa shape index (κ2) is 12.8. The van der Waals surface area contributed by atoms with Crippen LogP contribution in [0.25, 0.3) is 0 Å². The molecular formula is C25H23F6N9O2. The second-order valence-corrected chi connectivity index (χ2v) is 9.02. The summed E-state index contributed by atoms with van der Waals surface area (Å²) in [5.41, 5.74) is -1.55. The molecule has 2 amide bonds. The molecule has 11 nitrogen and oxygen atoms in total. The Bertz CT molecular complexity index is 1420. The largest absolute Gasteiger partial charge is 0.433 e. The van der Waals surface area contributed by atoms with Crippen molar-refractivity contribution in [3.8, 4) is 0 Å². The van der Waals surface area contributed by atoms with Crippen LogP contribution in [-0.4, -0.2) is 46.8 Å². The van der Waals surface area contributed by atoms with Gasteiger partial charge < -0.3 is 10.6 Å². The van der Waals surface area contributed by atoms with Gasteiger partial charge in [0.2, 0.25) is 0 Å². The van der Waals surface area contributed by atoms with E-state index in [1.165, 1.54) is 46.0 Å². The number of alkyl halides is 6. The average molecular weight is 596 g/mol. The van der Waals surface area contributed by atoms with E-state index in [0.717, 1.165) is 18.2 Å². The molecule has 0 aliphatic rings. The number of unbranched alkanes of at least 4 members (excludes halogenated alkanes) is 1. The molecule has 0 atom stereocenters. The number of benzene rings is 1. The lowest BCUT2D eigenvalue weighted by atomic mass is 10.1. The van der Waals surface area contributed by atoms with Crippen molar-refractivity contribution in [3.05, 3.63) is 88.8 Å². The first-order valence-electron chi connectivity index (χ1n) is 12.4. The summed E-state index contributed by atoms with van der Waals surface area (Å²) < 4.78 is 79.8. The number of nitrogens with one attached hydrogen (secondary N) is 2. The molecule has 42 heavy (non-hydrogen) atoms. The van der Waals surface area contributed by atoms with Gasteiger partial charge in [0.1, 0.15) is 5.69 Å². The third-order valence-corrected chi connectivity index (χ3v) is 5.80. The lowest BCUT2D eigenvalue weighted by Crippen LogP contribution is -2.24. The fourth-order valence-corrected chi connectivity index (χ4v) is 3.70. The molecule has 0 bridgehead atoms. The lowest BCUT2D eigenvalue weighted by molar-refractivity contribution is -0.141. The minimum Gasteiger partial charge on any atom is -0.347 e. The van der Waals surface area contributed by atoms with Gasteiger partial charge in [0.15, 0.2) is 11.4 Å². The molecule has 4 rings (SSSR count). The summed E-state index contributed by atoms with van der Waals surface area (Å²) in [6.45, 7) is 0.461. The highest BCUT2D eigenvalue weighted by Gasteiger charge is 2.32. The normalized spacial score (nSPS) is 11.9. The maximum Gasteiger partial charge on any atom is 0.433 e. The molecule has 0 saturated carbocycles. The summed E-state index contributed by atoms with van der Waals surface area (Å²) in [5.74, 6) is -1.21. The maximum atomic E-state index is 12.9. The van der Waals surface area contributed by atoms with E-state index in [1.54, 1.807) is 0 Å². The Hall–Kier alpha value is -4.83. The van der Waals surface area contributed by atoms with Crippen LogP contribution in [0.2, 0.25) is 0 Å². The number of rotatable bonds is 11. The van der Waals surface area contributed by atoms with Crippen molar-refractivity contribution in [2.75, 3.05) is 0 Å². The van der Waals surface area contributed by atoms with Crippen LogP contribution in [0.15, 0.2) is 54.9 Å². The zero-order valence-corrected chi connectivity index (χ0v) is 21.7. The SMILES string of the molecule is O=C(NCc1cccc(C(F)(F)F)c1)c1cn(CCCCn2cc(C(=O)NCc3cccc(C(F)(F)F)n3)nn2)nn1. The number of nitrogens with zero attached hydrogens (tertiary/aromatic N) is 7. The fraction of sp³-hybridized carbons (Fsp3) is 0.320. The number of hydrogen-bond donors (Lipinski definition) is 2. The van der Waals surface area contributed by atoms with Gasteiger partial charge >= 0.3 is 12.4 Å². The first kappa shape index (κ1) is 30.1. The van der Waals surface area contributed by atoms with E-state index in [1.807, 2.05) is 0 Å². The third kappa shape index (κ3) is 8.34. The maximum absolute atomic E-state index is 12.9. The smallest absolute Gasteiger partial charge is 0.347 e. The standard InChI is InChI=1S/C25H23F6N9O2/c26-24(27,28)17-6-3-5-16(11-17)12-32-22(41)19-14-39(37-35-19)9-1-2-10-40-15-20(36-38-40)23(42)33-13-18-7-4-8-21(34-18)25(29,30)31/h3-8,11,14-15H,1-2,9-10,12-13H2,(H,32,41)(H,33,42). The number of carbonyl (C=O) groups is 2. The first-order valence-corrected chi connectivity index (χ1v) is 12.4. The first-order chi connectivity index (χ1) is 19.9. The molecular weight excluding hydrogens is 572 g/mol. The Morgan fingerprint density at radius 3 is 1.88 bits per heavy atom. The number of aryl methyl sites for hydroxylation is 2. The van der Waals surface area contributed by atoms with Crippen LogP contribution in [0.5, 0.6) is 0 Å². The molecule has 3 aromatic heterocycles. The second-order valence-electron chi connectivity index (χ2n) is 9.02. The van der Waals surface area contributed by atoms with Crippen molar-refractivity contribution in [2.24, 2.45) is 0 Å². The van der Waals surface area contributed by atoms with Crippen molar-refractivity contribution in [1.82, 2.24) is 45.6 Å². The Morgan fingerprint density at radius 2 is 1.31 bits per heavy atom. The molecule has 0 radical (unpaired) electrons. The molecule has 0 unspecified atom stereocenters. The number of carbonyl (C=O) groups excluding carboxylic acids is 2. The molecule has 3 heterocycles. The number of aromatic nitrogens is 7. The predicted molar refractivity (Wildman–Crippen MR) is 132 cm³/mol. The molecule has 0 spiro atoms. The summed E-state index contributed by atoms with van der Waals surface area (Å²) >= 11 is 0. The minimum absolute atomic E-state index is 0.00855. The van der Waals surface area contributed by atoms with Crippen molar-refractivity contribution in [2.45, 2.75) is 51.4 Å². The highest BCUT2D eigenvalue weighted by Crippen LogP contribution is 2.29. The van der Waals surface area contributed by atoms with Gasteiger partial charge in [-0.3, -0.25) is 19.0 Å². The van der Waals surface area contributed by atoms with Crippen molar-refractivity contribution >= 4 is 11.8 Å². The topological polar surface area (TPSA) is 133 Å². The van der Waals surface area contributed by atoms with Gasteiger partial charge in [-0.2, -0.15) is 26.3 Å². The van der Waals surface area contributed by atoms with Crippen LogP contribution in [0.3, 0.4) is 0 Å². The lowest BCUT2D eigenvalue weighted by Gasteiger charge is -2.09. The Labute approximate surface area is 233 Å². The zero-order chi connectivity index (χ0) is 30.3. The van der Waals surface area contributed by atoms with E-state index >= 15 is 0 Å². The van der Waals surface area contributed by atoms with Gasteiger partial charge in [-0.25, -0.2) is 4.98 Å². The third-order valence-electron chi connectivity index (χ3n) is 5.80. The predicted octanol–water partition coefficient (Wildman–Crippen LogP) is 3.64. The van der Waals surface area contributed by atoms with Crippen LogP contribution in [-0.2, 0) is 38.5 Å². The van der Waals surface area contributed by atoms with Crippen molar-refractivity contribution < 1.29 is 35.9 Å². The van der Waals surface area contributed by atoms with Crippen LogP contribution in [0.4, 0.5) is 26.3 Å². The van der Waals surface area contributed by atoms with Gasteiger partial charge in [-0.15, -0.1) is 10.2 Å². The highest BCUT2D eigenvalue weighted by atomic mass is 19.4. The molecule has 222 valence electrons. The highest BCUT2D eigenvalue weighted by molar-refractivity contribution is 5.92. The number of pyridine rings is 1. The average Bonchev–Trinajstić information content (AvgIpc) is 3.62. The Balaban J connectivity index is 1.18. The van der Waals surface area contributed by atoms with Gasteiger partial charge in [0, 0.05) is 19.6 Å². The summed E-state index contributed by atoms with van der Waals surface area (Å²) in [7, 11) is 0. The van der Waals surface area contributed by atoms with Gasteiger partial charge in [0.25, 0.3) is 11.8 Å². The number of hydrogen-bond acceptors (Lipinski definition) is 7. The number of halogens is 6. The van der Waals surface area contributed by atoms with E-state index < -0.39 is 35.4 Å². The molecule has 0 saturated heterocycles. The monoisotopic (exact) mass is 595 g/mol. The van der Waals surface area contributed by atoms with Crippen LogP contribution in [0.1, 0.15) is 56.3 Å². The Kier molecular flexibility index (Phi) is 9.17. The van der Waals surface area contributed by atoms with E-state index in [-0.39, 0.29) is 35.7 Å². The minimum atomic E-state index is -4.59. The summed E-state index contributed by atoms with van der Waals surface area (Å²) in [6.07, 6.45) is -5.07. The summed E-state index contributed by atoms with van der Waals surface area (Å²) in [5, 5.41) is 20.3. The zero-order valence-electron chi connectivity index (χ0n) is 21.7. The van der Waals surface area contributed by atoms with Crippen molar-refractivity contribution in [3.63, 3.8) is 0 Å². The molecule has 4 aromatic rings. The number of amides is 2. The fourth-order valence-electron chi connectivity index (χ4n) is 3.70. The molecule has 0 aliphatic carbocycles. The van der Waals surface area contributed by atoms with Gasteiger partial charge in [-0.05, 0) is 42.7 Å². The molecule has 1 aromatic carbocycles. The van der Waals surface area contributed by atoms with E-state index in [0.29, 0.717) is 25.9 Å². The van der Waals surface area contributed by atoms with Crippen LogP contribution in [0, 0.1) is 0 Å². The van der Waals surface area contributed by atoms with E-state index in [9.17, 15) is 35.9 Å². The van der Waals surface area contributed by atoms with E-state index in [2.05, 4.69) is 36.2 Å². The summed E-state index contributed by atoms with van der Waals surface area (Å²) in [4.78, 5) is 28.1. The molecule has 2 N–H and O–H groups in total. The van der Waals surface area contributed by atoms with E-state index in [4.69, 9.17) is 0 Å². The summed E-state index contributed by atoms with van der Waals surface area (Å²) in [6, 6.07) is 8.03. The van der Waals surface area contributed by atoms with Crippen molar-refractivity contribution in [1.29, 1.82) is 0 Å². The van der Waals surface area contributed by atoms with Crippen LogP contribution >= 0.6 is 0 Å². The Morgan fingerprint density at radius 1 is 0.738 bits per heavy atom. The quantitative estimate of drug-likeness (QED) is 0.200. The van der Waals surface area contributed by atoms with Gasteiger partial charge in [0.05, 0.1) is 30.2 Å².